The van der Waals surface area contributed by atoms with Crippen LogP contribution >= 0.6 is 11.8 Å². The molecule has 0 aliphatic carbocycles. The summed E-state index contributed by atoms with van der Waals surface area (Å²) in [6, 6.07) is 19.3. The quantitative estimate of drug-likeness (QED) is 0.491. The lowest BCUT2D eigenvalue weighted by Gasteiger charge is -2.26. The minimum atomic E-state index is -3.05. The number of hydrogen-bond donors (Lipinski definition) is 0. The van der Waals surface area contributed by atoms with E-state index in [1.807, 2.05) is 67.6 Å². The molecule has 1 atom stereocenters. The number of hydrogen-bond acceptors (Lipinski definition) is 7. The Morgan fingerprint density at radius 2 is 1.62 bits per heavy atom. The third-order valence-electron chi connectivity index (χ3n) is 5.40. The molecule has 4 rings (SSSR count). The molecule has 1 amide bonds. The molecule has 0 bridgehead atoms. The molecule has 2 heterocycles. The first kappa shape index (κ1) is 22.4. The van der Waals surface area contributed by atoms with Crippen molar-refractivity contribution in [3.8, 4) is 22.5 Å². The van der Waals surface area contributed by atoms with E-state index < -0.39 is 9.84 Å². The van der Waals surface area contributed by atoms with Gasteiger partial charge in [-0.15, -0.1) is 10.2 Å². The first-order valence-corrected chi connectivity index (χ1v) is 13.3. The van der Waals surface area contributed by atoms with Crippen molar-refractivity contribution in [1.29, 1.82) is 0 Å². The van der Waals surface area contributed by atoms with Gasteiger partial charge in [0.2, 0.25) is 11.1 Å². The van der Waals surface area contributed by atoms with Gasteiger partial charge >= 0.3 is 0 Å². The molecule has 32 heavy (non-hydrogen) atoms. The lowest BCUT2D eigenvalue weighted by Crippen LogP contribution is -2.42. The number of carbonyl (C=O) groups excluding carboxylic acids is 1. The van der Waals surface area contributed by atoms with Crippen LogP contribution in [-0.4, -0.2) is 64.3 Å². The summed E-state index contributed by atoms with van der Waals surface area (Å²) < 4.78 is 23.6. The van der Waals surface area contributed by atoms with Crippen LogP contribution in [0.1, 0.15) is 13.3 Å². The van der Waals surface area contributed by atoms with Gasteiger partial charge in [0.15, 0.2) is 9.84 Å². The second-order valence-electron chi connectivity index (χ2n) is 7.55. The monoisotopic (exact) mass is 468 g/mol. The Labute approximate surface area is 192 Å². The van der Waals surface area contributed by atoms with Gasteiger partial charge in [-0.25, -0.2) is 13.4 Å². The van der Waals surface area contributed by atoms with Gasteiger partial charge in [-0.05, 0) is 13.3 Å². The normalized spacial score (nSPS) is 17.2. The topological polar surface area (TPSA) is 93.1 Å². The van der Waals surface area contributed by atoms with Crippen molar-refractivity contribution >= 4 is 27.5 Å². The molecule has 3 aromatic rings. The van der Waals surface area contributed by atoms with E-state index in [4.69, 9.17) is 4.98 Å². The van der Waals surface area contributed by atoms with E-state index in [1.165, 1.54) is 11.8 Å². The van der Waals surface area contributed by atoms with Crippen molar-refractivity contribution in [2.75, 3.05) is 23.8 Å². The van der Waals surface area contributed by atoms with Gasteiger partial charge in [-0.2, -0.15) is 0 Å². The lowest BCUT2D eigenvalue weighted by molar-refractivity contribution is -0.129. The molecule has 166 valence electrons. The van der Waals surface area contributed by atoms with Gasteiger partial charge < -0.3 is 4.90 Å². The molecule has 1 aromatic heterocycles. The SMILES string of the molecule is CCN(C(=O)CSc1nnc(-c2ccccc2)c(-c2ccccc2)n1)C1CCS(=O)(=O)C1. The largest absolute Gasteiger partial charge is 0.338 e. The van der Waals surface area contributed by atoms with Crippen molar-refractivity contribution in [2.45, 2.75) is 24.5 Å². The zero-order chi connectivity index (χ0) is 22.6. The molecule has 9 heteroatoms. The van der Waals surface area contributed by atoms with E-state index in [0.717, 1.165) is 11.1 Å². The molecular formula is C23H24N4O3S2. The summed E-state index contributed by atoms with van der Waals surface area (Å²) in [7, 11) is -3.05. The van der Waals surface area contributed by atoms with Crippen LogP contribution in [0.2, 0.25) is 0 Å². The summed E-state index contributed by atoms with van der Waals surface area (Å²) in [5.74, 6) is 0.198. The zero-order valence-corrected chi connectivity index (χ0v) is 19.3. The summed E-state index contributed by atoms with van der Waals surface area (Å²) in [6.07, 6.45) is 0.495. The Morgan fingerprint density at radius 1 is 1.00 bits per heavy atom. The van der Waals surface area contributed by atoms with E-state index in [1.54, 1.807) is 4.90 Å². The van der Waals surface area contributed by atoms with Crippen molar-refractivity contribution < 1.29 is 13.2 Å². The van der Waals surface area contributed by atoms with Crippen molar-refractivity contribution in [3.05, 3.63) is 60.7 Å². The fourth-order valence-corrected chi connectivity index (χ4v) is 6.23. The molecular weight excluding hydrogens is 444 g/mol. The van der Waals surface area contributed by atoms with Crippen LogP contribution in [0.3, 0.4) is 0 Å². The van der Waals surface area contributed by atoms with Gasteiger partial charge in [0.25, 0.3) is 0 Å². The molecule has 1 aliphatic rings. The molecule has 0 saturated carbocycles. The minimum absolute atomic E-state index is 0.0409. The van der Waals surface area contributed by atoms with E-state index in [9.17, 15) is 13.2 Å². The van der Waals surface area contributed by atoms with Crippen LogP contribution in [0.5, 0.6) is 0 Å². The molecule has 7 nitrogen and oxygen atoms in total. The Kier molecular flexibility index (Phi) is 6.86. The second-order valence-corrected chi connectivity index (χ2v) is 10.7. The Morgan fingerprint density at radius 3 is 2.19 bits per heavy atom. The van der Waals surface area contributed by atoms with Crippen LogP contribution in [0.15, 0.2) is 65.8 Å². The van der Waals surface area contributed by atoms with Gasteiger partial charge in [-0.3, -0.25) is 4.79 Å². The number of amides is 1. The highest BCUT2D eigenvalue weighted by atomic mass is 32.2. The molecule has 1 saturated heterocycles. The second kappa shape index (κ2) is 9.79. The average molecular weight is 469 g/mol. The third kappa shape index (κ3) is 5.16. The highest BCUT2D eigenvalue weighted by Crippen LogP contribution is 2.30. The highest BCUT2D eigenvalue weighted by molar-refractivity contribution is 7.99. The van der Waals surface area contributed by atoms with E-state index in [0.29, 0.717) is 29.5 Å². The van der Waals surface area contributed by atoms with Crippen molar-refractivity contribution in [1.82, 2.24) is 20.1 Å². The maximum Gasteiger partial charge on any atom is 0.233 e. The van der Waals surface area contributed by atoms with Crippen LogP contribution in [0.4, 0.5) is 0 Å². The maximum atomic E-state index is 12.8. The molecule has 1 unspecified atom stereocenters. The van der Waals surface area contributed by atoms with Gasteiger partial charge in [0, 0.05) is 23.7 Å². The molecule has 1 aliphatic heterocycles. The molecule has 2 aromatic carbocycles. The Bertz CT molecular complexity index is 1190. The number of benzene rings is 2. The van der Waals surface area contributed by atoms with Gasteiger partial charge in [0.05, 0.1) is 17.3 Å². The number of thioether (sulfide) groups is 1. The first-order valence-electron chi connectivity index (χ1n) is 10.4. The standard InChI is InChI=1S/C23H24N4O3S2/c1-2-27(19-13-14-32(29,30)16-19)20(28)15-31-23-24-21(17-9-5-3-6-10-17)22(25-26-23)18-11-7-4-8-12-18/h3-12,19H,2,13-16H2,1H3. The van der Waals surface area contributed by atoms with Gasteiger partial charge in [-0.1, -0.05) is 72.4 Å². The Balaban J connectivity index is 1.55. The molecule has 0 spiro atoms. The maximum absolute atomic E-state index is 12.8. The van der Waals surface area contributed by atoms with Crippen LogP contribution in [0, 0.1) is 0 Å². The predicted octanol–water partition coefficient (Wildman–Crippen LogP) is 3.33. The lowest BCUT2D eigenvalue weighted by atomic mass is 10.0. The minimum Gasteiger partial charge on any atom is -0.338 e. The fraction of sp³-hybridized carbons (Fsp3) is 0.304. The van der Waals surface area contributed by atoms with Crippen molar-refractivity contribution in [2.24, 2.45) is 0 Å². The number of rotatable bonds is 7. The predicted molar refractivity (Wildman–Crippen MR) is 126 cm³/mol. The third-order valence-corrected chi connectivity index (χ3v) is 7.97. The summed E-state index contributed by atoms with van der Waals surface area (Å²) in [5, 5.41) is 9.09. The smallest absolute Gasteiger partial charge is 0.233 e. The number of aromatic nitrogens is 3. The number of sulfone groups is 1. The van der Waals surface area contributed by atoms with E-state index in [2.05, 4.69) is 10.2 Å². The average Bonchev–Trinajstić information content (AvgIpc) is 3.18. The summed E-state index contributed by atoms with van der Waals surface area (Å²) in [5.41, 5.74) is 3.22. The number of carbonyl (C=O) groups is 1. The van der Waals surface area contributed by atoms with E-state index >= 15 is 0 Å². The highest BCUT2D eigenvalue weighted by Gasteiger charge is 2.33. The van der Waals surface area contributed by atoms with E-state index in [-0.39, 0.29) is 29.2 Å². The zero-order valence-electron chi connectivity index (χ0n) is 17.7. The van der Waals surface area contributed by atoms with Gasteiger partial charge in [0.1, 0.15) is 11.4 Å². The Hall–Kier alpha value is -2.78. The number of nitrogens with zero attached hydrogens (tertiary/aromatic N) is 4. The summed E-state index contributed by atoms with van der Waals surface area (Å²) in [6.45, 7) is 2.34. The summed E-state index contributed by atoms with van der Waals surface area (Å²) >= 11 is 1.22. The molecule has 0 N–H and O–H groups in total. The summed E-state index contributed by atoms with van der Waals surface area (Å²) in [4.78, 5) is 19.2. The van der Waals surface area contributed by atoms with Crippen molar-refractivity contribution in [3.63, 3.8) is 0 Å². The van der Waals surface area contributed by atoms with Crippen LogP contribution < -0.4 is 0 Å². The van der Waals surface area contributed by atoms with Crippen LogP contribution in [-0.2, 0) is 14.6 Å². The molecule has 0 radical (unpaired) electrons. The molecule has 1 fully saturated rings. The fourth-order valence-electron chi connectivity index (χ4n) is 3.83. The first-order chi connectivity index (χ1) is 15.5. The van der Waals surface area contributed by atoms with Crippen LogP contribution in [0.25, 0.3) is 22.5 Å².